The third-order valence-electron chi connectivity index (χ3n) is 5.16. The van der Waals surface area contributed by atoms with Crippen molar-refractivity contribution in [1.82, 2.24) is 19.4 Å². The third kappa shape index (κ3) is 3.58. The highest BCUT2D eigenvalue weighted by molar-refractivity contribution is 7.99. The van der Waals surface area contributed by atoms with Gasteiger partial charge in [0.05, 0.1) is 16.8 Å². The Hall–Kier alpha value is -2.02. The molecule has 2 aromatic rings. The van der Waals surface area contributed by atoms with Crippen LogP contribution >= 0.6 is 11.8 Å². The van der Waals surface area contributed by atoms with Gasteiger partial charge in [-0.05, 0) is 37.8 Å². The summed E-state index contributed by atoms with van der Waals surface area (Å²) in [4.78, 5) is 33.5. The molecule has 0 aliphatic carbocycles. The van der Waals surface area contributed by atoms with Gasteiger partial charge >= 0.3 is 0 Å². The largest absolute Gasteiger partial charge is 0.342 e. The van der Waals surface area contributed by atoms with Crippen molar-refractivity contribution in [1.29, 1.82) is 0 Å². The first-order chi connectivity index (χ1) is 12.7. The highest BCUT2D eigenvalue weighted by Gasteiger charge is 2.23. The molecule has 26 heavy (non-hydrogen) atoms. The maximum atomic E-state index is 12.6. The fourth-order valence-electron chi connectivity index (χ4n) is 3.70. The van der Waals surface area contributed by atoms with E-state index in [2.05, 4.69) is 4.98 Å². The van der Waals surface area contributed by atoms with Gasteiger partial charge in [0, 0.05) is 26.2 Å². The molecular formula is C19H24N4O2S. The molecule has 2 amide bonds. The van der Waals surface area contributed by atoms with Crippen LogP contribution in [-0.2, 0) is 16.1 Å². The van der Waals surface area contributed by atoms with Crippen molar-refractivity contribution < 1.29 is 9.59 Å². The van der Waals surface area contributed by atoms with Gasteiger partial charge in [-0.15, -0.1) is 0 Å². The quantitative estimate of drug-likeness (QED) is 0.756. The summed E-state index contributed by atoms with van der Waals surface area (Å²) in [5.74, 6) is 0.677. The van der Waals surface area contributed by atoms with Gasteiger partial charge in [-0.2, -0.15) is 0 Å². The van der Waals surface area contributed by atoms with Crippen molar-refractivity contribution in [2.24, 2.45) is 0 Å². The van der Waals surface area contributed by atoms with E-state index in [1.165, 1.54) is 11.8 Å². The Kier molecular flexibility index (Phi) is 5.15. The first kappa shape index (κ1) is 17.4. The van der Waals surface area contributed by atoms with Crippen LogP contribution < -0.4 is 0 Å². The number of nitrogens with zero attached hydrogens (tertiary/aromatic N) is 4. The van der Waals surface area contributed by atoms with Gasteiger partial charge in [-0.25, -0.2) is 4.98 Å². The van der Waals surface area contributed by atoms with Crippen molar-refractivity contribution in [3.05, 3.63) is 24.3 Å². The van der Waals surface area contributed by atoms with Crippen LogP contribution in [-0.4, -0.2) is 63.1 Å². The molecule has 6 nitrogen and oxygen atoms in total. The Morgan fingerprint density at radius 1 is 0.923 bits per heavy atom. The van der Waals surface area contributed by atoms with E-state index < -0.39 is 0 Å². The van der Waals surface area contributed by atoms with Gasteiger partial charge in [0.2, 0.25) is 11.8 Å². The minimum Gasteiger partial charge on any atom is -0.342 e. The molecule has 2 aliphatic rings. The van der Waals surface area contributed by atoms with Crippen LogP contribution in [0.1, 0.15) is 25.7 Å². The lowest BCUT2D eigenvalue weighted by atomic mass is 10.3. The molecule has 1 aromatic heterocycles. The van der Waals surface area contributed by atoms with Gasteiger partial charge < -0.3 is 14.4 Å². The van der Waals surface area contributed by atoms with E-state index >= 15 is 0 Å². The summed E-state index contributed by atoms with van der Waals surface area (Å²) in [6, 6.07) is 7.86. The maximum Gasteiger partial charge on any atom is 0.242 e. The highest BCUT2D eigenvalue weighted by Crippen LogP contribution is 2.25. The van der Waals surface area contributed by atoms with E-state index in [1.54, 1.807) is 0 Å². The van der Waals surface area contributed by atoms with Crippen molar-refractivity contribution >= 4 is 34.6 Å². The van der Waals surface area contributed by atoms with E-state index in [0.717, 1.165) is 68.1 Å². The second-order valence-electron chi connectivity index (χ2n) is 6.93. The molecule has 2 saturated heterocycles. The standard InChI is InChI=1S/C19H24N4O2S/c24-17(21-9-3-4-10-21)13-23-16-8-2-1-7-15(16)20-19(23)26-14-18(25)22-11-5-6-12-22/h1-2,7-8H,3-6,9-14H2. The van der Waals surface area contributed by atoms with Crippen molar-refractivity contribution in [2.75, 3.05) is 31.9 Å². The van der Waals surface area contributed by atoms with Crippen LogP contribution in [0, 0.1) is 0 Å². The van der Waals surface area contributed by atoms with Crippen LogP contribution in [0.4, 0.5) is 0 Å². The Morgan fingerprint density at radius 2 is 1.54 bits per heavy atom. The van der Waals surface area contributed by atoms with Crippen molar-refractivity contribution in [3.8, 4) is 0 Å². The molecule has 0 unspecified atom stereocenters. The summed E-state index contributed by atoms with van der Waals surface area (Å²) in [6.45, 7) is 3.72. The average Bonchev–Trinajstić information content (AvgIpc) is 3.40. The normalized spacial score (nSPS) is 17.4. The predicted molar refractivity (Wildman–Crippen MR) is 102 cm³/mol. The van der Waals surface area contributed by atoms with E-state index in [1.807, 2.05) is 38.6 Å². The molecule has 7 heteroatoms. The Bertz CT molecular complexity index is 807. The SMILES string of the molecule is O=C(CSc1nc2ccccc2n1CC(=O)N1CCCC1)N1CCCC1. The number of carbonyl (C=O) groups is 2. The van der Waals surface area contributed by atoms with Crippen molar-refractivity contribution in [3.63, 3.8) is 0 Å². The van der Waals surface area contributed by atoms with Crippen LogP contribution in [0.15, 0.2) is 29.4 Å². The lowest BCUT2D eigenvalue weighted by Gasteiger charge is -2.17. The van der Waals surface area contributed by atoms with E-state index in [4.69, 9.17) is 0 Å². The zero-order chi connectivity index (χ0) is 17.9. The summed E-state index contributed by atoms with van der Waals surface area (Å²) < 4.78 is 1.97. The summed E-state index contributed by atoms with van der Waals surface area (Å²) in [7, 11) is 0. The first-order valence-electron chi connectivity index (χ1n) is 9.36. The number of amides is 2. The number of thioether (sulfide) groups is 1. The second-order valence-corrected chi connectivity index (χ2v) is 7.88. The van der Waals surface area contributed by atoms with Crippen LogP contribution in [0.5, 0.6) is 0 Å². The number of rotatable bonds is 5. The Labute approximate surface area is 157 Å². The Balaban J connectivity index is 1.53. The number of fused-ring (bicyclic) bond motifs is 1. The predicted octanol–water partition coefficient (Wildman–Crippen LogP) is 2.37. The highest BCUT2D eigenvalue weighted by atomic mass is 32.2. The lowest BCUT2D eigenvalue weighted by Crippen LogP contribution is -2.31. The van der Waals surface area contributed by atoms with Gasteiger partial charge in [0.15, 0.2) is 5.16 Å². The number of carbonyl (C=O) groups excluding carboxylic acids is 2. The number of para-hydroxylation sites is 2. The van der Waals surface area contributed by atoms with Crippen LogP contribution in [0.25, 0.3) is 11.0 Å². The molecular weight excluding hydrogens is 348 g/mol. The maximum absolute atomic E-state index is 12.6. The number of hydrogen-bond acceptors (Lipinski definition) is 4. The number of imidazole rings is 1. The molecule has 0 radical (unpaired) electrons. The minimum absolute atomic E-state index is 0.137. The monoisotopic (exact) mass is 372 g/mol. The molecule has 0 saturated carbocycles. The fourth-order valence-corrected chi connectivity index (χ4v) is 4.62. The summed E-state index contributed by atoms with van der Waals surface area (Å²) >= 11 is 1.44. The summed E-state index contributed by atoms with van der Waals surface area (Å²) in [5, 5.41) is 0.756. The summed E-state index contributed by atoms with van der Waals surface area (Å²) in [6.07, 6.45) is 4.36. The molecule has 0 atom stereocenters. The minimum atomic E-state index is 0.137. The molecule has 138 valence electrons. The van der Waals surface area contributed by atoms with Gasteiger partial charge in [-0.3, -0.25) is 9.59 Å². The van der Waals surface area contributed by atoms with Crippen LogP contribution in [0.2, 0.25) is 0 Å². The number of aromatic nitrogens is 2. The fraction of sp³-hybridized carbons (Fsp3) is 0.526. The smallest absolute Gasteiger partial charge is 0.242 e. The average molecular weight is 372 g/mol. The topological polar surface area (TPSA) is 58.4 Å². The number of benzene rings is 1. The molecule has 0 bridgehead atoms. The first-order valence-corrected chi connectivity index (χ1v) is 10.3. The molecule has 2 fully saturated rings. The van der Waals surface area contributed by atoms with E-state index in [0.29, 0.717) is 12.3 Å². The molecule has 2 aliphatic heterocycles. The van der Waals surface area contributed by atoms with Crippen LogP contribution in [0.3, 0.4) is 0 Å². The second kappa shape index (κ2) is 7.70. The molecule has 0 spiro atoms. The third-order valence-corrected chi connectivity index (χ3v) is 6.12. The van der Waals surface area contributed by atoms with E-state index in [9.17, 15) is 9.59 Å². The van der Waals surface area contributed by atoms with Gasteiger partial charge in [0.1, 0.15) is 6.54 Å². The molecule has 4 rings (SSSR count). The summed E-state index contributed by atoms with van der Waals surface area (Å²) in [5.41, 5.74) is 1.83. The number of likely N-dealkylation sites (tertiary alicyclic amines) is 2. The Morgan fingerprint density at radius 3 is 2.23 bits per heavy atom. The molecule has 0 N–H and O–H groups in total. The van der Waals surface area contributed by atoms with Crippen molar-refractivity contribution in [2.45, 2.75) is 37.4 Å². The van der Waals surface area contributed by atoms with Gasteiger partial charge in [0.25, 0.3) is 0 Å². The van der Waals surface area contributed by atoms with E-state index in [-0.39, 0.29) is 11.8 Å². The zero-order valence-electron chi connectivity index (χ0n) is 14.9. The van der Waals surface area contributed by atoms with Gasteiger partial charge in [-0.1, -0.05) is 23.9 Å². The molecule has 3 heterocycles. The lowest BCUT2D eigenvalue weighted by molar-refractivity contribution is -0.130. The zero-order valence-corrected chi connectivity index (χ0v) is 15.7. The molecule has 1 aromatic carbocycles. The number of hydrogen-bond donors (Lipinski definition) is 0.